The smallest absolute Gasteiger partial charge is 0.116 e. The molecule has 0 aliphatic heterocycles. The van der Waals surface area contributed by atoms with Gasteiger partial charge in [-0.1, -0.05) is 30.1 Å². The number of rotatable bonds is 1. The lowest BCUT2D eigenvalue weighted by Crippen LogP contribution is -2.05. The first-order valence-electron chi connectivity index (χ1n) is 2.58. The van der Waals surface area contributed by atoms with Gasteiger partial charge in [0.05, 0.1) is 4.87 Å². The van der Waals surface area contributed by atoms with Crippen LogP contribution in [0.5, 0.6) is 0 Å². The summed E-state index contributed by atoms with van der Waals surface area (Å²) >= 11 is 17.2. The van der Waals surface area contributed by atoms with Crippen molar-refractivity contribution < 1.29 is 0 Å². The fourth-order valence-corrected chi connectivity index (χ4v) is 1.75. The average Bonchev–Trinajstić information content (AvgIpc) is 2.10. The fourth-order valence-electron chi connectivity index (χ4n) is 0.691. The van der Waals surface area contributed by atoms with Gasteiger partial charge in [0.2, 0.25) is 0 Å². The first-order chi connectivity index (χ1) is 3.52. The van der Waals surface area contributed by atoms with E-state index in [9.17, 15) is 0 Å². The van der Waals surface area contributed by atoms with Crippen LogP contribution >= 0.6 is 34.8 Å². The Balaban J connectivity index is 2.55. The van der Waals surface area contributed by atoms with Gasteiger partial charge in [-0.2, -0.15) is 0 Å². The second kappa shape index (κ2) is 1.68. The fraction of sp³-hybridized carbons (Fsp3) is 1.00. The Morgan fingerprint density at radius 2 is 1.75 bits per heavy atom. The molecule has 1 rings (SSSR count). The third kappa shape index (κ3) is 0.832. The van der Waals surface area contributed by atoms with Gasteiger partial charge in [0.25, 0.3) is 0 Å². The van der Waals surface area contributed by atoms with E-state index in [4.69, 9.17) is 34.8 Å². The Labute approximate surface area is 64.1 Å². The van der Waals surface area contributed by atoms with Gasteiger partial charge in [-0.3, -0.25) is 0 Å². The topological polar surface area (TPSA) is 0 Å². The molecule has 0 bridgehead atoms. The molecule has 0 nitrogen and oxygen atoms in total. The van der Waals surface area contributed by atoms with Gasteiger partial charge in [0.15, 0.2) is 0 Å². The van der Waals surface area contributed by atoms with Crippen LogP contribution in [-0.4, -0.2) is 9.21 Å². The number of halogens is 3. The van der Waals surface area contributed by atoms with E-state index in [1.807, 2.05) is 6.92 Å². The Morgan fingerprint density at radius 3 is 1.75 bits per heavy atom. The van der Waals surface area contributed by atoms with Crippen molar-refractivity contribution in [2.24, 2.45) is 0 Å². The molecule has 1 aliphatic carbocycles. The normalized spacial score (nSPS) is 42.0. The summed E-state index contributed by atoms with van der Waals surface area (Å²) in [4.78, 5) is -0.309. The number of hydrogen-bond acceptors (Lipinski definition) is 0. The van der Waals surface area contributed by atoms with Crippen LogP contribution in [0.3, 0.4) is 0 Å². The largest absolute Gasteiger partial charge is 0.139 e. The molecule has 0 heterocycles. The van der Waals surface area contributed by atoms with Crippen LogP contribution in [0.15, 0.2) is 0 Å². The second-order valence-corrected chi connectivity index (χ2v) is 4.41. The highest BCUT2D eigenvalue weighted by Crippen LogP contribution is 2.62. The zero-order valence-electron chi connectivity index (χ0n) is 4.55. The molecule has 0 N–H and O–H groups in total. The molecule has 3 heteroatoms. The Bertz CT molecular complexity index is 110. The summed E-state index contributed by atoms with van der Waals surface area (Å²) in [5, 5.41) is 0. The third-order valence-corrected chi connectivity index (χ3v) is 3.50. The lowest BCUT2D eigenvalue weighted by Gasteiger charge is -2.02. The predicted molar refractivity (Wildman–Crippen MR) is 37.9 cm³/mol. The molecule has 8 heavy (non-hydrogen) atoms. The minimum Gasteiger partial charge on any atom is -0.116 e. The molecular weight excluding hydrogens is 166 g/mol. The maximum absolute atomic E-state index is 5.86. The minimum absolute atomic E-state index is 0.309. The van der Waals surface area contributed by atoms with Crippen LogP contribution < -0.4 is 0 Å². The summed E-state index contributed by atoms with van der Waals surface area (Å²) < 4.78 is -0.636. The highest BCUT2D eigenvalue weighted by Gasteiger charge is 2.64. The average molecular weight is 173 g/mol. The van der Waals surface area contributed by atoms with Crippen LogP contribution in [0.1, 0.15) is 19.8 Å². The van der Waals surface area contributed by atoms with Crippen molar-refractivity contribution in [1.29, 1.82) is 0 Å². The maximum Gasteiger partial charge on any atom is 0.139 e. The summed E-state index contributed by atoms with van der Waals surface area (Å²) in [7, 11) is 0. The molecular formula is C5H7Cl3. The zero-order chi connectivity index (χ0) is 6.41. The Hall–Kier alpha value is 0.870. The Morgan fingerprint density at radius 1 is 1.38 bits per heavy atom. The van der Waals surface area contributed by atoms with Crippen molar-refractivity contribution in [1.82, 2.24) is 0 Å². The van der Waals surface area contributed by atoms with Gasteiger partial charge < -0.3 is 0 Å². The third-order valence-electron chi connectivity index (χ3n) is 1.59. The number of alkyl halides is 3. The van der Waals surface area contributed by atoms with Crippen LogP contribution in [0.4, 0.5) is 0 Å². The summed E-state index contributed by atoms with van der Waals surface area (Å²) in [5.41, 5.74) is 0. The molecule has 0 amide bonds. The molecule has 1 saturated carbocycles. The molecule has 0 aromatic heterocycles. The van der Waals surface area contributed by atoms with Crippen molar-refractivity contribution in [2.45, 2.75) is 29.0 Å². The molecule has 1 aliphatic rings. The van der Waals surface area contributed by atoms with Crippen molar-refractivity contribution in [3.05, 3.63) is 0 Å². The van der Waals surface area contributed by atoms with E-state index in [2.05, 4.69) is 0 Å². The van der Waals surface area contributed by atoms with Crippen molar-refractivity contribution >= 4 is 34.8 Å². The maximum atomic E-state index is 5.86. The first-order valence-corrected chi connectivity index (χ1v) is 3.72. The van der Waals surface area contributed by atoms with Crippen LogP contribution in [-0.2, 0) is 0 Å². The summed E-state index contributed by atoms with van der Waals surface area (Å²) in [6.07, 6.45) is 1.57. The van der Waals surface area contributed by atoms with Gasteiger partial charge in [0, 0.05) is 6.42 Å². The van der Waals surface area contributed by atoms with E-state index in [-0.39, 0.29) is 4.87 Å². The van der Waals surface area contributed by atoms with Gasteiger partial charge in [-0.25, -0.2) is 0 Å². The van der Waals surface area contributed by atoms with E-state index < -0.39 is 4.33 Å². The second-order valence-electron chi connectivity index (χ2n) is 2.20. The van der Waals surface area contributed by atoms with E-state index in [0.717, 1.165) is 12.8 Å². The van der Waals surface area contributed by atoms with Crippen molar-refractivity contribution in [2.75, 3.05) is 0 Å². The summed E-state index contributed by atoms with van der Waals surface area (Å²) in [5.74, 6) is 0. The van der Waals surface area contributed by atoms with Crippen molar-refractivity contribution in [3.63, 3.8) is 0 Å². The van der Waals surface area contributed by atoms with E-state index >= 15 is 0 Å². The van der Waals surface area contributed by atoms with E-state index in [1.54, 1.807) is 0 Å². The first kappa shape index (κ1) is 6.98. The molecule has 1 fully saturated rings. The molecule has 0 radical (unpaired) electrons. The van der Waals surface area contributed by atoms with Crippen LogP contribution in [0, 0.1) is 0 Å². The monoisotopic (exact) mass is 172 g/mol. The standard InChI is InChI=1S/C5H7Cl3/c1-2-4(6)3-5(4,7)8/h2-3H2,1H3. The molecule has 0 aromatic rings. The zero-order valence-corrected chi connectivity index (χ0v) is 6.82. The highest BCUT2D eigenvalue weighted by atomic mass is 35.5. The quantitative estimate of drug-likeness (QED) is 0.535. The van der Waals surface area contributed by atoms with Gasteiger partial charge in [-0.15, -0.1) is 11.6 Å². The lowest BCUT2D eigenvalue weighted by molar-refractivity contribution is 0.829. The molecule has 0 spiro atoms. The molecule has 48 valence electrons. The Kier molecular flexibility index (Phi) is 1.47. The highest BCUT2D eigenvalue weighted by molar-refractivity contribution is 6.57. The van der Waals surface area contributed by atoms with Crippen molar-refractivity contribution in [3.8, 4) is 0 Å². The minimum atomic E-state index is -0.636. The van der Waals surface area contributed by atoms with Crippen LogP contribution in [0.2, 0.25) is 0 Å². The molecule has 1 unspecified atom stereocenters. The summed E-state index contributed by atoms with van der Waals surface area (Å²) in [6, 6.07) is 0. The van der Waals surface area contributed by atoms with E-state index in [1.165, 1.54) is 0 Å². The van der Waals surface area contributed by atoms with Gasteiger partial charge in [0.1, 0.15) is 4.33 Å². The predicted octanol–water partition coefficient (Wildman–Crippen LogP) is 2.95. The summed E-state index contributed by atoms with van der Waals surface area (Å²) in [6.45, 7) is 1.99. The SMILES string of the molecule is CCC1(Cl)CC1(Cl)Cl. The number of hydrogen-bond donors (Lipinski definition) is 0. The van der Waals surface area contributed by atoms with Gasteiger partial charge in [-0.05, 0) is 6.42 Å². The van der Waals surface area contributed by atoms with Crippen LogP contribution in [0.25, 0.3) is 0 Å². The molecule has 0 saturated heterocycles. The molecule has 0 aromatic carbocycles. The van der Waals surface area contributed by atoms with Gasteiger partial charge >= 0.3 is 0 Å². The lowest BCUT2D eigenvalue weighted by atomic mass is 10.3. The van der Waals surface area contributed by atoms with E-state index in [0.29, 0.717) is 0 Å². The molecule has 1 atom stereocenters.